The van der Waals surface area contributed by atoms with Gasteiger partial charge in [-0.3, -0.25) is 9.52 Å². The average molecular weight is 736 g/mol. The summed E-state index contributed by atoms with van der Waals surface area (Å²) in [5.41, 5.74) is 1.21. The van der Waals surface area contributed by atoms with Crippen molar-refractivity contribution >= 4 is 43.2 Å². The molecule has 3 aromatic carbocycles. The summed E-state index contributed by atoms with van der Waals surface area (Å²) >= 11 is 5.94. The van der Waals surface area contributed by atoms with Crippen molar-refractivity contribution in [1.82, 2.24) is 9.21 Å². The Labute approximate surface area is 295 Å². The van der Waals surface area contributed by atoms with Crippen LogP contribution in [0.1, 0.15) is 56.0 Å². The van der Waals surface area contributed by atoms with E-state index in [1.807, 2.05) is 20.8 Å². The number of nitrogens with one attached hydrogen (secondary N) is 1. The normalized spacial score (nSPS) is 20.6. The minimum atomic E-state index is -4.01. The van der Waals surface area contributed by atoms with Crippen LogP contribution in [0.2, 0.25) is 5.02 Å². The molecular weight excluding hydrogens is 690 g/mol. The van der Waals surface area contributed by atoms with Crippen molar-refractivity contribution in [3.8, 4) is 5.75 Å². The molecular formula is C35H46ClN3O8S2. The van der Waals surface area contributed by atoms with Gasteiger partial charge in [0.15, 0.2) is 0 Å². The van der Waals surface area contributed by atoms with Crippen LogP contribution in [0.5, 0.6) is 5.75 Å². The molecule has 0 unspecified atom stereocenters. The van der Waals surface area contributed by atoms with Crippen LogP contribution in [-0.4, -0.2) is 88.7 Å². The van der Waals surface area contributed by atoms with E-state index in [2.05, 4.69) is 4.72 Å². The van der Waals surface area contributed by atoms with E-state index in [1.165, 1.54) is 52.7 Å². The van der Waals surface area contributed by atoms with Crippen LogP contribution in [0.3, 0.4) is 0 Å². The number of aliphatic hydroxyl groups excluding tert-OH is 1. The molecule has 4 rings (SSSR count). The molecule has 1 amide bonds. The lowest BCUT2D eigenvalue weighted by atomic mass is 10.0. The summed E-state index contributed by atoms with van der Waals surface area (Å²) in [6.45, 7) is 7.55. The van der Waals surface area contributed by atoms with Crippen molar-refractivity contribution in [3.05, 3.63) is 82.9 Å². The van der Waals surface area contributed by atoms with Crippen molar-refractivity contribution in [1.29, 1.82) is 0 Å². The number of carbonyl (C=O) groups excluding carboxylic acids is 1. The Morgan fingerprint density at radius 2 is 1.65 bits per heavy atom. The average Bonchev–Trinajstić information content (AvgIpc) is 3.06. The number of likely N-dealkylation sites (N-methyl/N-ethyl adjacent to an activating group) is 1. The predicted octanol–water partition coefficient (Wildman–Crippen LogP) is 5.57. The zero-order chi connectivity index (χ0) is 35.9. The fourth-order valence-electron chi connectivity index (χ4n) is 5.52. The molecule has 49 heavy (non-hydrogen) atoms. The molecule has 1 aliphatic heterocycles. The fourth-order valence-corrected chi connectivity index (χ4v) is 7.88. The van der Waals surface area contributed by atoms with E-state index >= 15 is 0 Å². The molecule has 1 heterocycles. The van der Waals surface area contributed by atoms with E-state index in [4.69, 9.17) is 21.1 Å². The second-order valence-corrected chi connectivity index (χ2v) is 16.8. The van der Waals surface area contributed by atoms with E-state index < -0.39 is 38.1 Å². The predicted molar refractivity (Wildman–Crippen MR) is 190 cm³/mol. The molecule has 3 aromatic rings. The van der Waals surface area contributed by atoms with E-state index in [-0.39, 0.29) is 58.5 Å². The first kappa shape index (κ1) is 38.6. The van der Waals surface area contributed by atoms with Gasteiger partial charge in [0.1, 0.15) is 5.75 Å². The lowest BCUT2D eigenvalue weighted by Gasteiger charge is -2.35. The van der Waals surface area contributed by atoms with Crippen LogP contribution in [-0.2, 0) is 24.8 Å². The third-order valence-corrected chi connectivity index (χ3v) is 12.1. The number of nitrogens with zero attached hydrogens (tertiary/aromatic N) is 2. The Bertz CT molecular complexity index is 1790. The molecule has 0 bridgehead atoms. The van der Waals surface area contributed by atoms with Crippen LogP contribution >= 0.6 is 11.6 Å². The highest BCUT2D eigenvalue weighted by molar-refractivity contribution is 7.92. The molecule has 2 N–H and O–H groups in total. The summed E-state index contributed by atoms with van der Waals surface area (Å²) in [5, 5.41) is 10.6. The number of hydrogen-bond donors (Lipinski definition) is 2. The van der Waals surface area contributed by atoms with Crippen LogP contribution in [0.15, 0.2) is 76.5 Å². The lowest BCUT2D eigenvalue weighted by molar-refractivity contribution is -0.00833. The van der Waals surface area contributed by atoms with E-state index in [9.17, 15) is 26.7 Å². The maximum atomic E-state index is 14.4. The molecule has 11 nitrogen and oxygen atoms in total. The molecule has 268 valence electrons. The summed E-state index contributed by atoms with van der Waals surface area (Å²) in [4.78, 5) is 16.0. The molecule has 4 atom stereocenters. The number of amides is 1. The van der Waals surface area contributed by atoms with Gasteiger partial charge in [0, 0.05) is 43.4 Å². The number of hydrogen-bond acceptors (Lipinski definition) is 8. The van der Waals surface area contributed by atoms with Crippen molar-refractivity contribution in [2.75, 3.05) is 38.1 Å². The van der Waals surface area contributed by atoms with Gasteiger partial charge in [-0.25, -0.2) is 16.8 Å². The van der Waals surface area contributed by atoms with Crippen LogP contribution < -0.4 is 9.46 Å². The van der Waals surface area contributed by atoms with Gasteiger partial charge in [-0.05, 0) is 94.6 Å². The van der Waals surface area contributed by atoms with Gasteiger partial charge >= 0.3 is 0 Å². The third-order valence-electron chi connectivity index (χ3n) is 8.59. The summed E-state index contributed by atoms with van der Waals surface area (Å²) in [6.07, 6.45) is 1.26. The highest BCUT2D eigenvalue weighted by atomic mass is 35.5. The van der Waals surface area contributed by atoms with Gasteiger partial charge in [-0.1, -0.05) is 36.2 Å². The quantitative estimate of drug-likeness (QED) is 0.291. The summed E-state index contributed by atoms with van der Waals surface area (Å²) in [7, 11) is -6.32. The van der Waals surface area contributed by atoms with Crippen molar-refractivity contribution < 1.29 is 36.2 Å². The van der Waals surface area contributed by atoms with Gasteiger partial charge in [-0.2, -0.15) is 4.31 Å². The monoisotopic (exact) mass is 735 g/mol. The molecule has 0 saturated heterocycles. The summed E-state index contributed by atoms with van der Waals surface area (Å²) < 4.78 is 69.6. The van der Waals surface area contributed by atoms with Gasteiger partial charge in [0.05, 0.1) is 40.2 Å². The van der Waals surface area contributed by atoms with Gasteiger partial charge < -0.3 is 19.5 Å². The number of carbonyl (C=O) groups is 1. The first-order chi connectivity index (χ1) is 23.1. The van der Waals surface area contributed by atoms with Crippen LogP contribution in [0.4, 0.5) is 5.69 Å². The molecule has 0 saturated carbocycles. The number of sulfonamides is 2. The van der Waals surface area contributed by atoms with Gasteiger partial charge in [-0.15, -0.1) is 0 Å². The van der Waals surface area contributed by atoms with Crippen molar-refractivity contribution in [2.24, 2.45) is 5.92 Å². The molecule has 0 aliphatic carbocycles. The van der Waals surface area contributed by atoms with E-state index in [0.717, 1.165) is 12.0 Å². The second kappa shape index (κ2) is 16.7. The number of aliphatic hydroxyl groups is 1. The minimum Gasteiger partial charge on any atom is -0.490 e. The largest absolute Gasteiger partial charge is 0.490 e. The third kappa shape index (κ3) is 9.95. The summed E-state index contributed by atoms with van der Waals surface area (Å²) in [6, 6.07) is 16.2. The molecule has 1 aliphatic rings. The Morgan fingerprint density at radius 3 is 2.31 bits per heavy atom. The maximum Gasteiger partial charge on any atom is 0.261 e. The fraction of sp³-hybridized carbons (Fsp3) is 0.457. The zero-order valence-corrected chi connectivity index (χ0v) is 30.9. The molecule has 0 spiro atoms. The number of ether oxygens (including phenoxy) is 2. The van der Waals surface area contributed by atoms with Crippen LogP contribution in [0, 0.1) is 12.8 Å². The SMILES string of the molecule is Cc1ccc(S(=O)(=O)N(C)C[C@H]2OCCCC[C@@H](C)Oc3ccc(NS(=O)(=O)c4ccc(Cl)cc4)cc3C(=O)N([C@@H](C)CO)C[C@H]2C)cc1. The number of benzene rings is 3. The Kier molecular flexibility index (Phi) is 13.1. The zero-order valence-electron chi connectivity index (χ0n) is 28.5. The summed E-state index contributed by atoms with van der Waals surface area (Å²) in [5.74, 6) is -0.574. The Hall–Kier alpha value is -3.20. The number of aryl methyl sites for hydroxylation is 1. The lowest BCUT2D eigenvalue weighted by Crippen LogP contribution is -2.48. The van der Waals surface area contributed by atoms with E-state index in [0.29, 0.717) is 24.5 Å². The standard InChI is InChI=1S/C35H46ClN3O8S2/c1-24-9-14-31(15-10-24)49(44,45)38(5)22-34-25(2)21-39(26(3)23-40)35(41)32-20-29(37-48(42,43)30-16-11-28(36)12-17-30)13-18-33(32)47-27(4)8-6-7-19-46-34/h9-18,20,25-27,34,37,40H,6-8,19,21-23H2,1-5H3/t25-,26+,27-,34-/m1/s1. The van der Waals surface area contributed by atoms with Crippen LogP contribution in [0.25, 0.3) is 0 Å². The second-order valence-electron chi connectivity index (χ2n) is 12.7. The van der Waals surface area contributed by atoms with Gasteiger partial charge in [0.2, 0.25) is 10.0 Å². The Balaban J connectivity index is 1.67. The number of anilines is 1. The first-order valence-corrected chi connectivity index (χ1v) is 19.6. The molecule has 0 radical (unpaired) electrons. The highest BCUT2D eigenvalue weighted by Gasteiger charge is 2.32. The minimum absolute atomic E-state index is 0.00191. The number of halogens is 1. The van der Waals surface area contributed by atoms with E-state index in [1.54, 1.807) is 37.3 Å². The first-order valence-electron chi connectivity index (χ1n) is 16.3. The van der Waals surface area contributed by atoms with Crippen molar-refractivity contribution in [3.63, 3.8) is 0 Å². The van der Waals surface area contributed by atoms with Gasteiger partial charge in [0.25, 0.3) is 15.9 Å². The Morgan fingerprint density at radius 1 is 1.00 bits per heavy atom. The molecule has 0 fully saturated rings. The topological polar surface area (TPSA) is 143 Å². The maximum absolute atomic E-state index is 14.4. The number of fused-ring (bicyclic) bond motifs is 1. The smallest absolute Gasteiger partial charge is 0.261 e. The van der Waals surface area contributed by atoms with Crippen molar-refractivity contribution in [2.45, 2.75) is 75.0 Å². The number of rotatable bonds is 9. The highest BCUT2D eigenvalue weighted by Crippen LogP contribution is 2.30. The molecule has 14 heteroatoms. The molecule has 0 aromatic heterocycles.